The number of aryl methyl sites for hydroxylation is 1. The molecule has 8 unspecified atom stereocenters. The van der Waals surface area contributed by atoms with Gasteiger partial charge in [0.25, 0.3) is 11.7 Å². The number of methoxy groups -OCH3 is 2. The highest BCUT2D eigenvalue weighted by atomic mass is 16.6. The highest BCUT2D eigenvalue weighted by molar-refractivity contribution is 6.39. The van der Waals surface area contributed by atoms with Crippen LogP contribution in [0.2, 0.25) is 0 Å². The van der Waals surface area contributed by atoms with E-state index < -0.39 is 77.9 Å². The summed E-state index contributed by atoms with van der Waals surface area (Å²) in [5.74, 6) is -6.34. The molecule has 2 saturated heterocycles. The number of piperidine rings is 1. The molecule has 3 fully saturated rings. The lowest BCUT2D eigenvalue weighted by Crippen LogP contribution is -2.61. The number of carbonyl (C=O) groups is 4. The predicted octanol–water partition coefficient (Wildman–Crippen LogP) is 7.47. The maximum Gasteiger partial charge on any atom is 0.329 e. The van der Waals surface area contributed by atoms with Gasteiger partial charge in [-0.05, 0) is 140 Å². The molecule has 1 amide bonds. The quantitative estimate of drug-likeness (QED) is 0.102. The monoisotopic (exact) mass is 976 g/mol. The number of Topliss-reactive ketones (excluding diaryl/α,β-unsaturated/α-hetero) is 2. The molecule has 3 heterocycles. The number of nitrogens with two attached hydrogens (primary N) is 1. The third-order valence-electron chi connectivity index (χ3n) is 15.5. The van der Waals surface area contributed by atoms with Gasteiger partial charge in [0.2, 0.25) is 5.79 Å². The molecule has 390 valence electrons. The number of cyclic esters (lactones) is 1. The van der Waals surface area contributed by atoms with Crippen LogP contribution in [0.3, 0.4) is 0 Å². The zero-order valence-electron chi connectivity index (χ0n) is 43.4. The molecule has 6 N–H and O–H groups in total. The van der Waals surface area contributed by atoms with E-state index in [4.69, 9.17) is 24.7 Å². The number of carbonyl (C=O) groups excluding carboxylic acids is 4. The Hall–Kier alpha value is -4.02. The average molecular weight is 976 g/mol. The average Bonchev–Trinajstić information content (AvgIpc) is 3.33. The van der Waals surface area contributed by atoms with Gasteiger partial charge in [0.05, 0.1) is 18.3 Å². The van der Waals surface area contributed by atoms with Crippen LogP contribution in [0.25, 0.3) is 0 Å². The lowest BCUT2D eigenvalue weighted by Gasteiger charge is -2.43. The number of benzene rings is 1. The Balaban J connectivity index is 1.48. The number of aliphatic hydroxyl groups is 3. The van der Waals surface area contributed by atoms with Crippen LogP contribution in [-0.4, -0.2) is 125 Å². The summed E-state index contributed by atoms with van der Waals surface area (Å²) in [4.78, 5) is 58.4. The second-order valence-corrected chi connectivity index (χ2v) is 21.2. The second kappa shape index (κ2) is 26.6. The summed E-state index contributed by atoms with van der Waals surface area (Å²) in [6.45, 7) is 13.5. The lowest BCUT2D eigenvalue weighted by atomic mass is 9.78. The molecule has 0 spiro atoms. The molecule has 3 aliphatic heterocycles. The first-order valence-electron chi connectivity index (χ1n) is 26.0. The summed E-state index contributed by atoms with van der Waals surface area (Å²) in [6, 6.07) is 6.14. The first-order valence-corrected chi connectivity index (χ1v) is 26.0. The second-order valence-electron chi connectivity index (χ2n) is 21.2. The van der Waals surface area contributed by atoms with E-state index in [9.17, 15) is 34.5 Å². The van der Waals surface area contributed by atoms with E-state index >= 15 is 0 Å². The van der Waals surface area contributed by atoms with Gasteiger partial charge in [-0.15, -0.1) is 0 Å². The summed E-state index contributed by atoms with van der Waals surface area (Å²) >= 11 is 0. The maximum absolute atomic E-state index is 14.5. The number of nitrogens with one attached hydrogen (secondary N) is 1. The summed E-state index contributed by atoms with van der Waals surface area (Å²) < 4.78 is 24.0. The van der Waals surface area contributed by atoms with Crippen molar-refractivity contribution in [1.29, 1.82) is 0 Å². The minimum absolute atomic E-state index is 0.0378. The van der Waals surface area contributed by atoms with Crippen LogP contribution >= 0.6 is 0 Å². The van der Waals surface area contributed by atoms with Crippen LogP contribution in [0.5, 0.6) is 0 Å². The molecule has 0 aromatic heterocycles. The van der Waals surface area contributed by atoms with Crippen LogP contribution in [0.1, 0.15) is 131 Å². The van der Waals surface area contributed by atoms with E-state index in [1.807, 2.05) is 89.3 Å². The topological polar surface area (TPSA) is 207 Å². The van der Waals surface area contributed by atoms with Crippen LogP contribution in [-0.2, 0) is 38.1 Å². The molecule has 5 rings (SSSR count). The number of anilines is 1. The SMILES string of the molecule is COC1CC(C[C@@H](C)[C@@H]2CC[C@H](N)/C=C(\C)C(O)[C@@H](OC)C(=O)C(C)C[C@H](C)/C=C/C=C/C=C(\C)[C@H](Nc3ccc(C)cc3)CC3CCC(C)C(O)(O3)C(=O)C(=O)N3CCCCC3C(=O)O2)CC[C@H]1O. The first kappa shape index (κ1) is 56.9. The lowest BCUT2D eigenvalue weighted by molar-refractivity contribution is -0.263. The van der Waals surface area contributed by atoms with Crippen molar-refractivity contribution in [3.8, 4) is 0 Å². The molecule has 1 aliphatic carbocycles. The zero-order chi connectivity index (χ0) is 51.3. The first-order chi connectivity index (χ1) is 33.3. The molecule has 15 atom stereocenters. The minimum atomic E-state index is -2.41. The highest BCUT2D eigenvalue weighted by Gasteiger charge is 2.53. The molecule has 1 aromatic carbocycles. The highest BCUT2D eigenvalue weighted by Crippen LogP contribution is 2.38. The number of hydrogen-bond donors (Lipinski definition) is 5. The maximum atomic E-state index is 14.5. The third kappa shape index (κ3) is 15.3. The summed E-state index contributed by atoms with van der Waals surface area (Å²) in [6.07, 6.45) is 14.0. The van der Waals surface area contributed by atoms with Crippen molar-refractivity contribution in [1.82, 2.24) is 4.90 Å². The molecule has 4 aliphatic rings. The normalized spacial score (nSPS) is 38.2. The third-order valence-corrected chi connectivity index (χ3v) is 15.5. The molecular formula is C56H85N3O11. The number of aliphatic hydroxyl groups excluding tert-OH is 2. The molecule has 2 bridgehead atoms. The molecular weight excluding hydrogens is 891 g/mol. The fourth-order valence-electron chi connectivity index (χ4n) is 10.9. The van der Waals surface area contributed by atoms with Gasteiger partial charge >= 0.3 is 5.97 Å². The summed E-state index contributed by atoms with van der Waals surface area (Å²) in [7, 11) is 3.02. The van der Waals surface area contributed by atoms with Crippen LogP contribution < -0.4 is 11.1 Å². The van der Waals surface area contributed by atoms with E-state index in [2.05, 4.69) is 5.32 Å². The van der Waals surface area contributed by atoms with Gasteiger partial charge in [-0.25, -0.2) is 4.79 Å². The molecule has 14 nitrogen and oxygen atoms in total. The van der Waals surface area contributed by atoms with Crippen LogP contribution in [0, 0.1) is 36.5 Å². The Morgan fingerprint density at radius 3 is 2.29 bits per heavy atom. The van der Waals surface area contributed by atoms with Crippen molar-refractivity contribution in [2.75, 3.05) is 26.1 Å². The number of hydrogen-bond acceptors (Lipinski definition) is 13. The Labute approximate surface area is 417 Å². The number of rotatable bonds is 7. The Morgan fingerprint density at radius 1 is 0.857 bits per heavy atom. The van der Waals surface area contributed by atoms with Crippen molar-refractivity contribution in [2.24, 2.45) is 35.3 Å². The minimum Gasteiger partial charge on any atom is -0.461 e. The Bertz CT molecular complexity index is 2020. The van der Waals surface area contributed by atoms with E-state index in [1.165, 1.54) is 12.0 Å². The van der Waals surface area contributed by atoms with Gasteiger partial charge < -0.3 is 50.2 Å². The largest absolute Gasteiger partial charge is 0.461 e. The standard InChI is InChI=1S/C56H85N3O11/c1-34-18-23-43(24-19-34)58-45-33-44-25-20-40(7)56(66,70-44)53(63)54(64)59-28-14-13-17-46(59)55(65)69-48(37(4)30-41-21-26-47(60)49(32-41)67-8)27-22-42(57)31-39(6)51(62)52(68-9)50(61)38(5)29-35(2)15-11-10-12-16-36(45)3/h10-12,15-16,18-19,23-24,31,35,37-38,40-42,44-49,51-52,58,60,62,66H,13-14,17,20-22,25-30,32-33,57H2,1-9H3/b12-10+,15-11+,36-16+,39-31+/t35-,37-,38?,40?,41?,42+,44?,45-,46?,47-,48+,49?,51?,52+,56?/m1/s1. The number of esters is 1. The number of amides is 1. The van der Waals surface area contributed by atoms with Crippen molar-refractivity contribution >= 4 is 29.1 Å². The molecule has 1 saturated carbocycles. The van der Waals surface area contributed by atoms with Gasteiger partial charge in [-0.3, -0.25) is 14.4 Å². The van der Waals surface area contributed by atoms with E-state index in [1.54, 1.807) is 27.0 Å². The summed E-state index contributed by atoms with van der Waals surface area (Å²) in [5.41, 5.74) is 10.2. The smallest absolute Gasteiger partial charge is 0.329 e. The van der Waals surface area contributed by atoms with E-state index in [-0.39, 0.29) is 48.6 Å². The van der Waals surface area contributed by atoms with Crippen LogP contribution in [0.15, 0.2) is 71.9 Å². The molecule has 70 heavy (non-hydrogen) atoms. The van der Waals surface area contributed by atoms with E-state index in [0.717, 1.165) is 23.2 Å². The van der Waals surface area contributed by atoms with Gasteiger partial charge in [-0.2, -0.15) is 0 Å². The zero-order valence-corrected chi connectivity index (χ0v) is 43.4. The predicted molar refractivity (Wildman–Crippen MR) is 271 cm³/mol. The number of fused-ring (bicyclic) bond motifs is 3. The van der Waals surface area contributed by atoms with Gasteiger partial charge in [0, 0.05) is 50.4 Å². The molecule has 1 aromatic rings. The Morgan fingerprint density at radius 2 is 1.59 bits per heavy atom. The Kier molecular flexibility index (Phi) is 21.6. The van der Waals surface area contributed by atoms with Crippen LogP contribution in [0.4, 0.5) is 5.69 Å². The summed E-state index contributed by atoms with van der Waals surface area (Å²) in [5, 5.41) is 37.8. The van der Waals surface area contributed by atoms with Gasteiger partial charge in [0.1, 0.15) is 24.4 Å². The van der Waals surface area contributed by atoms with Gasteiger partial charge in [0.15, 0.2) is 5.78 Å². The van der Waals surface area contributed by atoms with Gasteiger partial charge in [-0.1, -0.05) is 87.4 Å². The van der Waals surface area contributed by atoms with E-state index in [0.29, 0.717) is 76.2 Å². The molecule has 14 heteroatoms. The van der Waals surface area contributed by atoms with Crippen molar-refractivity contribution in [3.63, 3.8) is 0 Å². The molecule has 0 radical (unpaired) electrons. The van der Waals surface area contributed by atoms with Crippen molar-refractivity contribution < 1.29 is 53.4 Å². The number of nitrogens with zero attached hydrogens (tertiary/aromatic N) is 1. The fraction of sp³-hybridized carbons (Fsp3) is 0.679. The van der Waals surface area contributed by atoms with Crippen molar-refractivity contribution in [2.45, 2.75) is 192 Å². The fourth-order valence-corrected chi connectivity index (χ4v) is 10.9. The number of ether oxygens (including phenoxy) is 4. The number of allylic oxidation sites excluding steroid dienone is 5. The number of ketones is 2. The van der Waals surface area contributed by atoms with Crippen molar-refractivity contribution in [3.05, 3.63) is 77.4 Å².